The Bertz CT molecular complexity index is 351. The number of hydrogen-bond acceptors (Lipinski definition) is 2. The monoisotopic (exact) mass is 249 g/mol. The van der Waals surface area contributed by atoms with Crippen LogP contribution in [-0.4, -0.2) is 35.6 Å². The number of aliphatic carboxylic acids is 1. The maximum absolute atomic E-state index is 11.2. The molecule has 0 amide bonds. The molecule has 0 aromatic heterocycles. The van der Waals surface area contributed by atoms with Gasteiger partial charge in [0.05, 0.1) is 0 Å². The van der Waals surface area contributed by atoms with Gasteiger partial charge in [-0.05, 0) is 25.5 Å². The van der Waals surface area contributed by atoms with Gasteiger partial charge in [0.1, 0.15) is 6.04 Å². The van der Waals surface area contributed by atoms with E-state index in [1.165, 1.54) is 5.56 Å². The van der Waals surface area contributed by atoms with Crippen LogP contribution >= 0.6 is 0 Å². The molecule has 100 valence electrons. The van der Waals surface area contributed by atoms with E-state index in [1.54, 1.807) is 0 Å². The average molecular weight is 249 g/mol. The van der Waals surface area contributed by atoms with E-state index in [2.05, 4.69) is 19.1 Å². The number of hydrogen-bond donors (Lipinski definition) is 1. The molecular weight excluding hydrogens is 226 g/mol. The van der Waals surface area contributed by atoms with Gasteiger partial charge in [-0.15, -0.1) is 0 Å². The molecule has 0 aliphatic rings. The molecule has 0 radical (unpaired) electrons. The lowest BCUT2D eigenvalue weighted by atomic mass is 10.1. The van der Waals surface area contributed by atoms with Gasteiger partial charge in [0.15, 0.2) is 0 Å². The van der Waals surface area contributed by atoms with Gasteiger partial charge in [0, 0.05) is 6.54 Å². The highest BCUT2D eigenvalue weighted by molar-refractivity contribution is 5.73. The number of carboxylic acid groups (broad SMARTS) is 1. The highest BCUT2D eigenvalue weighted by Crippen LogP contribution is 2.09. The van der Waals surface area contributed by atoms with E-state index in [-0.39, 0.29) is 6.04 Å². The first kappa shape index (κ1) is 14.7. The highest BCUT2D eigenvalue weighted by atomic mass is 16.4. The maximum atomic E-state index is 11.2. The number of nitrogens with zero attached hydrogens (tertiary/aromatic N) is 1. The Morgan fingerprint density at radius 3 is 2.56 bits per heavy atom. The second kappa shape index (κ2) is 7.88. The largest absolute Gasteiger partial charge is 0.480 e. The Kier molecular flexibility index (Phi) is 6.44. The zero-order chi connectivity index (χ0) is 13.4. The molecule has 0 heterocycles. The summed E-state index contributed by atoms with van der Waals surface area (Å²) in [7, 11) is 1.90. The lowest BCUT2D eigenvalue weighted by molar-refractivity contribution is -0.143. The van der Waals surface area contributed by atoms with Gasteiger partial charge >= 0.3 is 5.97 Å². The second-order valence-corrected chi connectivity index (χ2v) is 4.71. The fourth-order valence-electron chi connectivity index (χ4n) is 2.04. The van der Waals surface area contributed by atoms with Crippen LogP contribution in [-0.2, 0) is 11.2 Å². The van der Waals surface area contributed by atoms with E-state index in [1.807, 2.05) is 30.1 Å². The van der Waals surface area contributed by atoms with Crippen LogP contribution in [0.4, 0.5) is 0 Å². The number of likely N-dealkylation sites (N-methyl/N-ethyl adjacent to an activating group) is 1. The van der Waals surface area contributed by atoms with Gasteiger partial charge in [0.2, 0.25) is 0 Å². The van der Waals surface area contributed by atoms with Crippen molar-refractivity contribution in [1.82, 2.24) is 4.90 Å². The second-order valence-electron chi connectivity index (χ2n) is 4.71. The molecule has 1 atom stereocenters. The van der Waals surface area contributed by atoms with Crippen molar-refractivity contribution in [2.45, 2.75) is 38.6 Å². The number of rotatable bonds is 8. The van der Waals surface area contributed by atoms with Gasteiger partial charge in [-0.3, -0.25) is 9.69 Å². The van der Waals surface area contributed by atoms with Crippen LogP contribution in [0.2, 0.25) is 0 Å². The molecule has 1 unspecified atom stereocenters. The SMILES string of the molecule is CCCCC(C(=O)O)N(C)CCc1ccccc1. The molecule has 0 spiro atoms. The smallest absolute Gasteiger partial charge is 0.320 e. The molecule has 0 aliphatic heterocycles. The van der Waals surface area contributed by atoms with Crippen LogP contribution < -0.4 is 0 Å². The van der Waals surface area contributed by atoms with Crippen LogP contribution in [0.15, 0.2) is 30.3 Å². The lowest BCUT2D eigenvalue weighted by Gasteiger charge is -2.24. The van der Waals surface area contributed by atoms with E-state index in [9.17, 15) is 9.90 Å². The van der Waals surface area contributed by atoms with E-state index in [0.717, 1.165) is 32.2 Å². The minimum absolute atomic E-state index is 0.353. The first-order valence-corrected chi connectivity index (χ1v) is 6.62. The minimum atomic E-state index is -0.709. The molecule has 0 saturated heterocycles. The van der Waals surface area contributed by atoms with Crippen molar-refractivity contribution in [3.8, 4) is 0 Å². The Morgan fingerprint density at radius 1 is 1.33 bits per heavy atom. The predicted octanol–water partition coefficient (Wildman–Crippen LogP) is 2.80. The summed E-state index contributed by atoms with van der Waals surface area (Å²) in [6.45, 7) is 2.87. The van der Waals surface area contributed by atoms with E-state index < -0.39 is 5.97 Å². The Balaban J connectivity index is 2.46. The standard InChI is InChI=1S/C15H23NO2/c1-3-4-10-14(15(17)18)16(2)12-11-13-8-6-5-7-9-13/h5-9,14H,3-4,10-12H2,1-2H3,(H,17,18). The van der Waals surface area contributed by atoms with Crippen molar-refractivity contribution in [3.05, 3.63) is 35.9 Å². The summed E-state index contributed by atoms with van der Waals surface area (Å²) in [6, 6.07) is 9.83. The summed E-state index contributed by atoms with van der Waals surface area (Å²) in [5, 5.41) is 9.23. The quantitative estimate of drug-likeness (QED) is 0.770. The average Bonchev–Trinajstić information content (AvgIpc) is 2.37. The fourth-order valence-corrected chi connectivity index (χ4v) is 2.04. The molecule has 0 saturated carbocycles. The molecule has 1 rings (SSSR count). The predicted molar refractivity (Wildman–Crippen MR) is 73.7 cm³/mol. The maximum Gasteiger partial charge on any atom is 0.320 e. The topological polar surface area (TPSA) is 40.5 Å². The van der Waals surface area contributed by atoms with Gasteiger partial charge in [-0.25, -0.2) is 0 Å². The fraction of sp³-hybridized carbons (Fsp3) is 0.533. The van der Waals surface area contributed by atoms with Crippen LogP contribution in [0, 0.1) is 0 Å². The highest BCUT2D eigenvalue weighted by Gasteiger charge is 2.21. The van der Waals surface area contributed by atoms with Gasteiger partial charge in [0.25, 0.3) is 0 Å². The van der Waals surface area contributed by atoms with Crippen LogP contribution in [0.1, 0.15) is 31.7 Å². The molecule has 0 bridgehead atoms. The third-order valence-corrected chi connectivity index (χ3v) is 3.24. The zero-order valence-electron chi connectivity index (χ0n) is 11.3. The van der Waals surface area contributed by atoms with Crippen molar-refractivity contribution in [2.75, 3.05) is 13.6 Å². The van der Waals surface area contributed by atoms with Gasteiger partial charge in [-0.1, -0.05) is 50.1 Å². The zero-order valence-corrected chi connectivity index (χ0v) is 11.3. The normalized spacial score (nSPS) is 12.6. The van der Waals surface area contributed by atoms with Crippen molar-refractivity contribution >= 4 is 5.97 Å². The number of carboxylic acids is 1. The van der Waals surface area contributed by atoms with Crippen molar-refractivity contribution in [3.63, 3.8) is 0 Å². The third kappa shape index (κ3) is 4.88. The third-order valence-electron chi connectivity index (χ3n) is 3.24. The van der Waals surface area contributed by atoms with E-state index in [4.69, 9.17) is 0 Å². The summed E-state index contributed by atoms with van der Waals surface area (Å²) in [5.74, 6) is -0.709. The molecule has 1 N–H and O–H groups in total. The Morgan fingerprint density at radius 2 is 2.00 bits per heavy atom. The van der Waals surface area contributed by atoms with Crippen LogP contribution in [0.25, 0.3) is 0 Å². The molecule has 0 fully saturated rings. The first-order valence-electron chi connectivity index (χ1n) is 6.62. The number of carbonyl (C=O) groups is 1. The molecule has 1 aromatic carbocycles. The Labute approximate surface area is 109 Å². The van der Waals surface area contributed by atoms with Crippen molar-refractivity contribution < 1.29 is 9.90 Å². The van der Waals surface area contributed by atoms with Gasteiger partial charge in [-0.2, -0.15) is 0 Å². The molecule has 3 heteroatoms. The molecule has 1 aromatic rings. The Hall–Kier alpha value is -1.35. The summed E-state index contributed by atoms with van der Waals surface area (Å²) >= 11 is 0. The minimum Gasteiger partial charge on any atom is -0.480 e. The van der Waals surface area contributed by atoms with Crippen molar-refractivity contribution in [2.24, 2.45) is 0 Å². The molecule has 18 heavy (non-hydrogen) atoms. The summed E-state index contributed by atoms with van der Waals surface area (Å²) in [4.78, 5) is 13.2. The molecular formula is C15H23NO2. The van der Waals surface area contributed by atoms with Crippen LogP contribution in [0.3, 0.4) is 0 Å². The van der Waals surface area contributed by atoms with Gasteiger partial charge < -0.3 is 5.11 Å². The van der Waals surface area contributed by atoms with Crippen LogP contribution in [0.5, 0.6) is 0 Å². The summed E-state index contributed by atoms with van der Waals surface area (Å²) < 4.78 is 0. The molecule has 3 nitrogen and oxygen atoms in total. The first-order chi connectivity index (χ1) is 8.65. The molecule has 0 aliphatic carbocycles. The van der Waals surface area contributed by atoms with Crippen molar-refractivity contribution in [1.29, 1.82) is 0 Å². The summed E-state index contributed by atoms with van der Waals surface area (Å²) in [6.07, 6.45) is 3.63. The number of unbranched alkanes of at least 4 members (excludes halogenated alkanes) is 1. The van der Waals surface area contributed by atoms with E-state index in [0.29, 0.717) is 0 Å². The van der Waals surface area contributed by atoms with E-state index >= 15 is 0 Å². The lowest BCUT2D eigenvalue weighted by Crippen LogP contribution is -2.39. The number of benzene rings is 1. The summed E-state index contributed by atoms with van der Waals surface area (Å²) in [5.41, 5.74) is 1.25.